The van der Waals surface area contributed by atoms with Gasteiger partial charge in [-0.2, -0.15) is 0 Å². The zero-order valence-electron chi connectivity index (χ0n) is 12.3. The highest BCUT2D eigenvalue weighted by Gasteiger charge is 2.27. The SMILES string of the molecule is Cc1ccc(N2CC(C)N(C)C(C)C2)c(C(=N)N)c1. The number of amidine groups is 1. The Balaban J connectivity index is 2.34. The quantitative estimate of drug-likeness (QED) is 0.630. The van der Waals surface area contributed by atoms with E-state index in [0.717, 1.165) is 29.9 Å². The molecule has 1 aliphatic rings. The van der Waals surface area contributed by atoms with Crippen molar-refractivity contribution in [1.29, 1.82) is 5.41 Å². The molecule has 1 aliphatic heterocycles. The van der Waals surface area contributed by atoms with Crippen LogP contribution in [0.25, 0.3) is 0 Å². The number of rotatable bonds is 2. The minimum Gasteiger partial charge on any atom is -0.384 e. The van der Waals surface area contributed by atoms with Crippen LogP contribution in [0.15, 0.2) is 18.2 Å². The summed E-state index contributed by atoms with van der Waals surface area (Å²) in [5, 5.41) is 7.77. The van der Waals surface area contributed by atoms with Crippen LogP contribution in [0.1, 0.15) is 25.0 Å². The number of hydrogen-bond donors (Lipinski definition) is 2. The summed E-state index contributed by atoms with van der Waals surface area (Å²) in [5.41, 5.74) is 8.81. The summed E-state index contributed by atoms with van der Waals surface area (Å²) in [6, 6.07) is 7.20. The first-order valence-electron chi connectivity index (χ1n) is 6.82. The highest BCUT2D eigenvalue weighted by Crippen LogP contribution is 2.26. The Kier molecular flexibility index (Phi) is 3.80. The molecule has 0 spiro atoms. The second-order valence-electron chi connectivity index (χ2n) is 5.70. The summed E-state index contributed by atoms with van der Waals surface area (Å²) in [6.07, 6.45) is 0. The Morgan fingerprint density at radius 1 is 1.26 bits per heavy atom. The van der Waals surface area contributed by atoms with E-state index < -0.39 is 0 Å². The van der Waals surface area contributed by atoms with E-state index >= 15 is 0 Å². The van der Waals surface area contributed by atoms with Gasteiger partial charge in [0.1, 0.15) is 5.84 Å². The smallest absolute Gasteiger partial charge is 0.124 e. The van der Waals surface area contributed by atoms with Crippen molar-refractivity contribution in [1.82, 2.24) is 4.90 Å². The van der Waals surface area contributed by atoms with E-state index in [-0.39, 0.29) is 5.84 Å². The van der Waals surface area contributed by atoms with Gasteiger partial charge in [0.05, 0.1) is 0 Å². The van der Waals surface area contributed by atoms with E-state index in [1.54, 1.807) is 0 Å². The van der Waals surface area contributed by atoms with Gasteiger partial charge >= 0.3 is 0 Å². The molecule has 4 nitrogen and oxygen atoms in total. The second-order valence-corrected chi connectivity index (χ2v) is 5.70. The minimum absolute atomic E-state index is 0.151. The van der Waals surface area contributed by atoms with Gasteiger partial charge in [-0.3, -0.25) is 10.3 Å². The van der Waals surface area contributed by atoms with E-state index in [4.69, 9.17) is 11.1 Å². The molecule has 0 aliphatic carbocycles. The molecule has 1 aromatic carbocycles. The summed E-state index contributed by atoms with van der Waals surface area (Å²) in [4.78, 5) is 4.75. The molecular weight excluding hydrogens is 236 g/mol. The third kappa shape index (κ3) is 2.73. The third-order valence-corrected chi connectivity index (χ3v) is 4.14. The number of piperazine rings is 1. The average molecular weight is 260 g/mol. The first-order chi connectivity index (χ1) is 8.90. The fourth-order valence-corrected chi connectivity index (χ4v) is 2.74. The number of anilines is 1. The highest BCUT2D eigenvalue weighted by molar-refractivity contribution is 6.00. The van der Waals surface area contributed by atoms with Crippen molar-refractivity contribution in [2.24, 2.45) is 5.73 Å². The molecule has 104 valence electrons. The van der Waals surface area contributed by atoms with Crippen molar-refractivity contribution in [2.45, 2.75) is 32.9 Å². The first kappa shape index (κ1) is 13.9. The van der Waals surface area contributed by atoms with Crippen molar-refractivity contribution in [3.05, 3.63) is 29.3 Å². The highest BCUT2D eigenvalue weighted by atomic mass is 15.3. The number of nitrogens with two attached hydrogens (primary N) is 1. The van der Waals surface area contributed by atoms with Crippen molar-refractivity contribution in [2.75, 3.05) is 25.0 Å². The second kappa shape index (κ2) is 5.21. The summed E-state index contributed by atoms with van der Waals surface area (Å²) in [5.74, 6) is 0.151. The lowest BCUT2D eigenvalue weighted by atomic mass is 10.0. The molecule has 0 amide bonds. The predicted octanol–water partition coefficient (Wildman–Crippen LogP) is 1.81. The average Bonchev–Trinajstić information content (AvgIpc) is 2.35. The Morgan fingerprint density at radius 3 is 2.37 bits per heavy atom. The van der Waals surface area contributed by atoms with Crippen LogP contribution < -0.4 is 10.6 Å². The number of benzene rings is 1. The topological polar surface area (TPSA) is 56.4 Å². The van der Waals surface area contributed by atoms with E-state index in [9.17, 15) is 0 Å². The van der Waals surface area contributed by atoms with Crippen LogP contribution in [0.4, 0.5) is 5.69 Å². The number of nitrogens with one attached hydrogen (secondary N) is 1. The normalized spacial score (nSPS) is 24.5. The number of nitrogen functional groups attached to an aromatic ring is 1. The lowest BCUT2D eigenvalue weighted by Gasteiger charge is -2.44. The molecule has 1 fully saturated rings. The zero-order valence-corrected chi connectivity index (χ0v) is 12.3. The molecule has 3 N–H and O–H groups in total. The van der Waals surface area contributed by atoms with Crippen LogP contribution in [0.2, 0.25) is 0 Å². The fraction of sp³-hybridized carbons (Fsp3) is 0.533. The number of aryl methyl sites for hydroxylation is 1. The van der Waals surface area contributed by atoms with Crippen LogP contribution in [-0.2, 0) is 0 Å². The fourth-order valence-electron chi connectivity index (χ4n) is 2.74. The molecule has 2 atom stereocenters. The van der Waals surface area contributed by atoms with E-state index in [1.807, 2.05) is 13.0 Å². The molecule has 2 rings (SSSR count). The Labute approximate surface area is 115 Å². The molecule has 0 saturated carbocycles. The lowest BCUT2D eigenvalue weighted by molar-refractivity contribution is 0.170. The molecule has 2 unspecified atom stereocenters. The number of hydrogen-bond acceptors (Lipinski definition) is 3. The van der Waals surface area contributed by atoms with Crippen LogP contribution in [-0.4, -0.2) is 43.0 Å². The van der Waals surface area contributed by atoms with Gasteiger partial charge in [0.2, 0.25) is 0 Å². The summed E-state index contributed by atoms with van der Waals surface area (Å²) < 4.78 is 0. The molecule has 0 bridgehead atoms. The predicted molar refractivity (Wildman–Crippen MR) is 81.1 cm³/mol. The van der Waals surface area contributed by atoms with Gasteiger partial charge in [0.25, 0.3) is 0 Å². The van der Waals surface area contributed by atoms with Gasteiger partial charge in [0.15, 0.2) is 0 Å². The first-order valence-corrected chi connectivity index (χ1v) is 6.82. The summed E-state index contributed by atoms with van der Waals surface area (Å²) in [7, 11) is 2.17. The van der Waals surface area contributed by atoms with Gasteiger partial charge < -0.3 is 10.6 Å². The van der Waals surface area contributed by atoms with Crippen molar-refractivity contribution in [3.63, 3.8) is 0 Å². The van der Waals surface area contributed by atoms with Crippen molar-refractivity contribution in [3.8, 4) is 0 Å². The Bertz CT molecular complexity index is 471. The van der Waals surface area contributed by atoms with Gasteiger partial charge in [-0.05, 0) is 40.0 Å². The Hall–Kier alpha value is -1.55. The molecule has 4 heteroatoms. The Morgan fingerprint density at radius 2 is 1.84 bits per heavy atom. The van der Waals surface area contributed by atoms with Crippen LogP contribution in [0, 0.1) is 12.3 Å². The maximum Gasteiger partial charge on any atom is 0.124 e. The van der Waals surface area contributed by atoms with Gasteiger partial charge in [-0.25, -0.2) is 0 Å². The largest absolute Gasteiger partial charge is 0.384 e. The summed E-state index contributed by atoms with van der Waals surface area (Å²) in [6.45, 7) is 8.47. The molecule has 0 radical (unpaired) electrons. The minimum atomic E-state index is 0.151. The van der Waals surface area contributed by atoms with Gasteiger partial charge in [0, 0.05) is 36.4 Å². The molecule has 1 aromatic rings. The van der Waals surface area contributed by atoms with Crippen molar-refractivity contribution < 1.29 is 0 Å². The van der Waals surface area contributed by atoms with E-state index in [0.29, 0.717) is 12.1 Å². The van der Waals surface area contributed by atoms with Gasteiger partial charge in [-0.1, -0.05) is 11.6 Å². The molecule has 1 saturated heterocycles. The lowest BCUT2D eigenvalue weighted by Crippen LogP contribution is -2.55. The van der Waals surface area contributed by atoms with Crippen LogP contribution in [0.5, 0.6) is 0 Å². The summed E-state index contributed by atoms with van der Waals surface area (Å²) >= 11 is 0. The van der Waals surface area contributed by atoms with Crippen molar-refractivity contribution >= 4 is 11.5 Å². The van der Waals surface area contributed by atoms with Crippen LogP contribution in [0.3, 0.4) is 0 Å². The molecule has 0 aromatic heterocycles. The maximum absolute atomic E-state index is 7.77. The number of likely N-dealkylation sites (N-methyl/N-ethyl adjacent to an activating group) is 1. The molecule has 1 heterocycles. The zero-order chi connectivity index (χ0) is 14.2. The number of nitrogens with zero attached hydrogens (tertiary/aromatic N) is 2. The van der Waals surface area contributed by atoms with E-state index in [2.05, 4.69) is 42.8 Å². The van der Waals surface area contributed by atoms with E-state index in [1.165, 1.54) is 0 Å². The molecular formula is C15H24N4. The standard InChI is InChI=1S/C15H24N4/c1-10-5-6-14(13(7-10)15(16)17)19-8-11(2)18(4)12(3)9-19/h5-7,11-12H,8-9H2,1-4H3,(H3,16,17). The third-order valence-electron chi connectivity index (χ3n) is 4.14. The molecule has 19 heavy (non-hydrogen) atoms. The van der Waals surface area contributed by atoms with Gasteiger partial charge in [-0.15, -0.1) is 0 Å². The van der Waals surface area contributed by atoms with Crippen LogP contribution >= 0.6 is 0 Å². The maximum atomic E-state index is 7.77. The monoisotopic (exact) mass is 260 g/mol.